The highest BCUT2D eigenvalue weighted by Gasteiger charge is 2.17. The first-order valence-corrected chi connectivity index (χ1v) is 5.29. The van der Waals surface area contributed by atoms with Crippen LogP contribution in [-0.4, -0.2) is 22.0 Å². The number of rotatable bonds is 1. The van der Waals surface area contributed by atoms with Crippen molar-refractivity contribution in [2.45, 2.75) is 20.8 Å². The fourth-order valence-electron chi connectivity index (χ4n) is 1.61. The molecule has 0 radical (unpaired) electrons. The Bertz CT molecular complexity index is 632. The molecule has 2 heterocycles. The number of carbonyl (C=O) groups excluding carboxylic acids is 2. The number of aromatic nitrogens is 2. The molecule has 0 unspecified atom stereocenters. The molecule has 7 nitrogen and oxygen atoms in total. The van der Waals surface area contributed by atoms with Crippen LogP contribution in [0.3, 0.4) is 0 Å². The van der Waals surface area contributed by atoms with Crippen molar-refractivity contribution in [1.82, 2.24) is 21.0 Å². The van der Waals surface area contributed by atoms with E-state index in [0.717, 1.165) is 0 Å². The zero-order chi connectivity index (χ0) is 13.3. The lowest BCUT2D eigenvalue weighted by atomic mass is 10.1. The van der Waals surface area contributed by atoms with Gasteiger partial charge < -0.3 is 4.52 Å². The van der Waals surface area contributed by atoms with Gasteiger partial charge in [0.2, 0.25) is 5.91 Å². The summed E-state index contributed by atoms with van der Waals surface area (Å²) in [5, 5.41) is 4.32. The van der Waals surface area contributed by atoms with Gasteiger partial charge >= 0.3 is 0 Å². The van der Waals surface area contributed by atoms with E-state index >= 15 is 0 Å². The fraction of sp³-hybridized carbons (Fsp3) is 0.273. The normalized spacial score (nSPS) is 10.4. The molecular formula is C11H12N4O3. The predicted molar refractivity (Wildman–Crippen MR) is 62.6 cm³/mol. The zero-order valence-electron chi connectivity index (χ0n) is 10.2. The van der Waals surface area contributed by atoms with Crippen LogP contribution in [0.5, 0.6) is 0 Å². The number of carbonyl (C=O) groups is 2. The molecule has 2 amide bonds. The molecule has 0 atom stereocenters. The second kappa shape index (κ2) is 4.44. The number of fused-ring (bicyclic) bond motifs is 1. The maximum absolute atomic E-state index is 11.9. The van der Waals surface area contributed by atoms with E-state index in [9.17, 15) is 9.59 Å². The van der Waals surface area contributed by atoms with Gasteiger partial charge in [0.15, 0.2) is 0 Å². The minimum atomic E-state index is -0.438. The van der Waals surface area contributed by atoms with Crippen molar-refractivity contribution >= 4 is 22.9 Å². The number of nitrogens with one attached hydrogen (secondary N) is 2. The average Bonchev–Trinajstić information content (AvgIpc) is 2.66. The van der Waals surface area contributed by atoms with Crippen LogP contribution in [0.25, 0.3) is 11.1 Å². The van der Waals surface area contributed by atoms with Gasteiger partial charge in [-0.3, -0.25) is 20.4 Å². The van der Waals surface area contributed by atoms with Crippen LogP contribution in [-0.2, 0) is 4.79 Å². The third-order valence-electron chi connectivity index (χ3n) is 2.34. The maximum Gasteiger partial charge on any atom is 0.270 e. The first-order valence-electron chi connectivity index (χ1n) is 5.29. The highest BCUT2D eigenvalue weighted by molar-refractivity contribution is 6.06. The Kier molecular flexibility index (Phi) is 2.97. The summed E-state index contributed by atoms with van der Waals surface area (Å²) < 4.78 is 5.02. The summed E-state index contributed by atoms with van der Waals surface area (Å²) in [6, 6.07) is 1.61. The molecule has 0 saturated carbocycles. The van der Waals surface area contributed by atoms with E-state index in [1.807, 2.05) is 0 Å². The number of hydrogen-bond donors (Lipinski definition) is 2. The summed E-state index contributed by atoms with van der Waals surface area (Å²) in [6.45, 7) is 4.77. The summed E-state index contributed by atoms with van der Waals surface area (Å²) in [6.07, 6.45) is 0. The summed E-state index contributed by atoms with van der Waals surface area (Å²) in [5.74, 6) is -0.792. The largest absolute Gasteiger partial charge is 0.336 e. The molecule has 0 aromatic carbocycles. The van der Waals surface area contributed by atoms with E-state index in [2.05, 4.69) is 21.0 Å². The number of aryl methyl sites for hydroxylation is 2. The van der Waals surface area contributed by atoms with Crippen molar-refractivity contribution in [2.24, 2.45) is 0 Å². The average molecular weight is 248 g/mol. The van der Waals surface area contributed by atoms with Gasteiger partial charge in [-0.25, -0.2) is 4.98 Å². The highest BCUT2D eigenvalue weighted by Crippen LogP contribution is 2.21. The first-order chi connectivity index (χ1) is 8.49. The van der Waals surface area contributed by atoms with Crippen LogP contribution in [0, 0.1) is 13.8 Å². The third-order valence-corrected chi connectivity index (χ3v) is 2.34. The van der Waals surface area contributed by atoms with Crippen LogP contribution in [0.15, 0.2) is 10.6 Å². The molecule has 2 aromatic rings. The second-order valence-electron chi connectivity index (χ2n) is 3.89. The second-order valence-corrected chi connectivity index (χ2v) is 3.89. The lowest BCUT2D eigenvalue weighted by molar-refractivity contribution is -0.119. The highest BCUT2D eigenvalue weighted by atomic mass is 16.5. The molecule has 18 heavy (non-hydrogen) atoms. The van der Waals surface area contributed by atoms with Crippen molar-refractivity contribution in [2.75, 3.05) is 0 Å². The SMILES string of the molecule is CC(=O)NNC(=O)c1cc(C)nc2onc(C)c12. The summed E-state index contributed by atoms with van der Waals surface area (Å²) in [5.41, 5.74) is 6.41. The molecule has 2 rings (SSSR count). The number of nitrogens with zero attached hydrogens (tertiary/aromatic N) is 2. The van der Waals surface area contributed by atoms with Crippen LogP contribution in [0.4, 0.5) is 0 Å². The van der Waals surface area contributed by atoms with E-state index < -0.39 is 5.91 Å². The molecule has 0 aliphatic rings. The van der Waals surface area contributed by atoms with Gasteiger partial charge in [-0.1, -0.05) is 5.16 Å². The summed E-state index contributed by atoms with van der Waals surface area (Å²) in [7, 11) is 0. The molecule has 0 saturated heterocycles. The van der Waals surface area contributed by atoms with Gasteiger partial charge in [0, 0.05) is 12.6 Å². The lowest BCUT2D eigenvalue weighted by Gasteiger charge is -2.06. The topological polar surface area (TPSA) is 97.1 Å². The number of amides is 2. The van der Waals surface area contributed by atoms with Gasteiger partial charge in [-0.05, 0) is 19.9 Å². The molecule has 94 valence electrons. The number of hydrogen-bond acceptors (Lipinski definition) is 5. The Morgan fingerprint density at radius 3 is 2.67 bits per heavy atom. The van der Waals surface area contributed by atoms with Gasteiger partial charge in [0.25, 0.3) is 11.6 Å². The van der Waals surface area contributed by atoms with Gasteiger partial charge in [-0.2, -0.15) is 0 Å². The molecular weight excluding hydrogens is 236 g/mol. The molecule has 0 aliphatic carbocycles. The van der Waals surface area contributed by atoms with Crippen molar-refractivity contribution in [1.29, 1.82) is 0 Å². The maximum atomic E-state index is 11.9. The molecule has 0 fully saturated rings. The molecule has 7 heteroatoms. The summed E-state index contributed by atoms with van der Waals surface area (Å²) >= 11 is 0. The Labute approximate surface area is 103 Å². The standard InChI is InChI=1S/C11H12N4O3/c1-5-4-8(10(17)14-13-7(3)16)9-6(2)15-18-11(9)12-5/h4H,1-3H3,(H,13,16)(H,14,17). The molecule has 0 spiro atoms. The van der Waals surface area contributed by atoms with Crippen LogP contribution in [0.1, 0.15) is 28.7 Å². The Balaban J connectivity index is 2.45. The van der Waals surface area contributed by atoms with Crippen LogP contribution < -0.4 is 10.9 Å². The Hall–Kier alpha value is -2.44. The van der Waals surface area contributed by atoms with Gasteiger partial charge in [0.1, 0.15) is 0 Å². The molecule has 0 aliphatic heterocycles. The van der Waals surface area contributed by atoms with E-state index in [-0.39, 0.29) is 5.91 Å². The van der Waals surface area contributed by atoms with Crippen molar-refractivity contribution in [3.05, 3.63) is 23.0 Å². The van der Waals surface area contributed by atoms with E-state index in [4.69, 9.17) is 4.52 Å². The van der Waals surface area contributed by atoms with Crippen molar-refractivity contribution in [3.63, 3.8) is 0 Å². The minimum absolute atomic E-state index is 0.306. The number of pyridine rings is 1. The minimum Gasteiger partial charge on any atom is -0.336 e. The van der Waals surface area contributed by atoms with Crippen LogP contribution in [0.2, 0.25) is 0 Å². The zero-order valence-corrected chi connectivity index (χ0v) is 10.2. The van der Waals surface area contributed by atoms with E-state index in [1.54, 1.807) is 19.9 Å². The Morgan fingerprint density at radius 1 is 1.28 bits per heavy atom. The predicted octanol–water partition coefficient (Wildman–Crippen LogP) is 0.621. The molecule has 2 aromatic heterocycles. The quantitative estimate of drug-likeness (QED) is 0.721. The van der Waals surface area contributed by atoms with Crippen LogP contribution >= 0.6 is 0 Å². The van der Waals surface area contributed by atoms with Crippen molar-refractivity contribution in [3.8, 4) is 0 Å². The summed E-state index contributed by atoms with van der Waals surface area (Å²) in [4.78, 5) is 26.8. The van der Waals surface area contributed by atoms with E-state index in [1.165, 1.54) is 6.92 Å². The monoisotopic (exact) mass is 248 g/mol. The third kappa shape index (κ3) is 2.15. The van der Waals surface area contributed by atoms with Gasteiger partial charge in [0.05, 0.1) is 16.6 Å². The molecule has 2 N–H and O–H groups in total. The lowest BCUT2D eigenvalue weighted by Crippen LogP contribution is -2.40. The first kappa shape index (κ1) is 12.0. The Morgan fingerprint density at radius 2 is 2.00 bits per heavy atom. The van der Waals surface area contributed by atoms with Crippen molar-refractivity contribution < 1.29 is 14.1 Å². The fourth-order valence-corrected chi connectivity index (χ4v) is 1.61. The molecule has 0 bridgehead atoms. The smallest absolute Gasteiger partial charge is 0.270 e. The van der Waals surface area contributed by atoms with Gasteiger partial charge in [-0.15, -0.1) is 0 Å². The number of hydrazine groups is 1. The van der Waals surface area contributed by atoms with E-state index in [0.29, 0.717) is 28.1 Å².